The molecule has 0 aromatic heterocycles. The Balaban J connectivity index is 1.65. The zero-order valence-electron chi connectivity index (χ0n) is 11.5. The first-order chi connectivity index (χ1) is 9.85. The number of unbranched alkanes of at least 4 members (excludes halogenated alkanes) is 1. The SMILES string of the molecule is CCCCc1ccc(NC2=NC3=NC=NC3C=N2)cc1. The van der Waals surface area contributed by atoms with Crippen molar-refractivity contribution in [1.29, 1.82) is 0 Å². The molecule has 1 aromatic carbocycles. The highest BCUT2D eigenvalue weighted by Crippen LogP contribution is 2.13. The molecule has 1 N–H and O–H groups in total. The number of anilines is 1. The van der Waals surface area contributed by atoms with Crippen LogP contribution >= 0.6 is 0 Å². The van der Waals surface area contributed by atoms with Crippen LogP contribution in [0, 0.1) is 0 Å². The van der Waals surface area contributed by atoms with E-state index in [-0.39, 0.29) is 6.04 Å². The summed E-state index contributed by atoms with van der Waals surface area (Å²) >= 11 is 0. The van der Waals surface area contributed by atoms with Crippen LogP contribution in [-0.2, 0) is 6.42 Å². The Labute approximate surface area is 118 Å². The number of nitrogens with one attached hydrogen (secondary N) is 1. The van der Waals surface area contributed by atoms with Gasteiger partial charge in [0.05, 0.1) is 0 Å². The van der Waals surface area contributed by atoms with Crippen LogP contribution < -0.4 is 5.32 Å². The fraction of sp³-hybridized carbons (Fsp3) is 0.333. The second kappa shape index (κ2) is 5.77. The lowest BCUT2D eigenvalue weighted by Gasteiger charge is -2.11. The maximum absolute atomic E-state index is 4.34. The number of hydrogen-bond donors (Lipinski definition) is 1. The molecule has 0 saturated heterocycles. The summed E-state index contributed by atoms with van der Waals surface area (Å²) in [7, 11) is 0. The van der Waals surface area contributed by atoms with Gasteiger partial charge in [-0.3, -0.25) is 4.99 Å². The molecule has 2 aliphatic heterocycles. The quantitative estimate of drug-likeness (QED) is 0.895. The first-order valence-electron chi connectivity index (χ1n) is 6.93. The van der Waals surface area contributed by atoms with Crippen molar-refractivity contribution in [2.75, 3.05) is 5.32 Å². The van der Waals surface area contributed by atoms with Gasteiger partial charge in [-0.25, -0.2) is 9.98 Å². The molecule has 2 heterocycles. The van der Waals surface area contributed by atoms with Gasteiger partial charge in [0.25, 0.3) is 0 Å². The minimum atomic E-state index is -0.100. The number of benzene rings is 1. The Bertz CT molecular complexity index is 595. The molecule has 0 saturated carbocycles. The second-order valence-corrected chi connectivity index (χ2v) is 4.84. The largest absolute Gasteiger partial charge is 0.324 e. The van der Waals surface area contributed by atoms with Gasteiger partial charge < -0.3 is 5.32 Å². The van der Waals surface area contributed by atoms with Crippen LogP contribution in [0.3, 0.4) is 0 Å². The standard InChI is InChI=1S/C15H17N5/c1-2-3-4-11-5-7-12(8-6-11)19-15-16-9-13-14(20-15)18-10-17-13/h5-10,13H,2-4H2,1H3,(H,17,18,19,20). The van der Waals surface area contributed by atoms with E-state index in [2.05, 4.69) is 56.5 Å². The Kier molecular flexibility index (Phi) is 3.67. The summed E-state index contributed by atoms with van der Waals surface area (Å²) in [6.07, 6.45) is 6.86. The van der Waals surface area contributed by atoms with Gasteiger partial charge in [0.15, 0.2) is 5.84 Å². The van der Waals surface area contributed by atoms with Crippen LogP contribution in [0.15, 0.2) is 44.2 Å². The molecule has 0 bridgehead atoms. The van der Waals surface area contributed by atoms with E-state index >= 15 is 0 Å². The van der Waals surface area contributed by atoms with Gasteiger partial charge in [0.1, 0.15) is 12.4 Å². The molecule has 20 heavy (non-hydrogen) atoms. The summed E-state index contributed by atoms with van der Waals surface area (Å²) < 4.78 is 0. The van der Waals surface area contributed by atoms with E-state index in [9.17, 15) is 0 Å². The summed E-state index contributed by atoms with van der Waals surface area (Å²) in [6.45, 7) is 2.21. The van der Waals surface area contributed by atoms with Gasteiger partial charge in [-0.05, 0) is 30.5 Å². The van der Waals surface area contributed by atoms with Crippen molar-refractivity contribution in [2.24, 2.45) is 20.0 Å². The number of guanidine groups is 1. The van der Waals surface area contributed by atoms with Gasteiger partial charge in [-0.15, -0.1) is 0 Å². The van der Waals surface area contributed by atoms with Gasteiger partial charge in [0.2, 0.25) is 5.96 Å². The van der Waals surface area contributed by atoms with Crippen molar-refractivity contribution < 1.29 is 0 Å². The van der Waals surface area contributed by atoms with Gasteiger partial charge >= 0.3 is 0 Å². The summed E-state index contributed by atoms with van der Waals surface area (Å²) in [5.74, 6) is 1.26. The lowest BCUT2D eigenvalue weighted by molar-refractivity contribution is 0.795. The smallest absolute Gasteiger partial charge is 0.228 e. The Morgan fingerprint density at radius 1 is 1.20 bits per heavy atom. The minimum Gasteiger partial charge on any atom is -0.324 e. The number of fused-ring (bicyclic) bond motifs is 1. The van der Waals surface area contributed by atoms with E-state index in [0.29, 0.717) is 11.8 Å². The molecule has 102 valence electrons. The Morgan fingerprint density at radius 2 is 2.05 bits per heavy atom. The molecular weight excluding hydrogens is 250 g/mol. The van der Waals surface area contributed by atoms with Gasteiger partial charge in [-0.2, -0.15) is 4.99 Å². The highest BCUT2D eigenvalue weighted by atomic mass is 15.2. The molecule has 1 unspecified atom stereocenters. The third-order valence-corrected chi connectivity index (χ3v) is 3.27. The maximum atomic E-state index is 4.34. The van der Waals surface area contributed by atoms with E-state index in [1.54, 1.807) is 6.21 Å². The number of hydrogen-bond acceptors (Lipinski definition) is 5. The van der Waals surface area contributed by atoms with E-state index in [1.165, 1.54) is 24.7 Å². The number of nitrogens with zero attached hydrogens (tertiary/aromatic N) is 4. The van der Waals surface area contributed by atoms with Crippen molar-refractivity contribution in [3.63, 3.8) is 0 Å². The predicted molar refractivity (Wildman–Crippen MR) is 84.3 cm³/mol. The van der Waals surface area contributed by atoms with Crippen molar-refractivity contribution in [3.8, 4) is 0 Å². The Morgan fingerprint density at radius 3 is 2.85 bits per heavy atom. The summed E-state index contributed by atoms with van der Waals surface area (Å²) in [4.78, 5) is 16.8. The molecule has 0 radical (unpaired) electrons. The van der Waals surface area contributed by atoms with E-state index < -0.39 is 0 Å². The monoisotopic (exact) mass is 267 g/mol. The predicted octanol–water partition coefficient (Wildman–Crippen LogP) is 2.69. The molecule has 5 nitrogen and oxygen atoms in total. The van der Waals surface area contributed by atoms with E-state index in [1.807, 2.05) is 0 Å². The average Bonchev–Trinajstić information content (AvgIpc) is 2.94. The minimum absolute atomic E-state index is 0.100. The molecule has 0 fully saturated rings. The van der Waals surface area contributed by atoms with E-state index in [4.69, 9.17) is 0 Å². The van der Waals surface area contributed by atoms with E-state index in [0.717, 1.165) is 12.1 Å². The first kappa shape index (κ1) is 12.7. The van der Waals surface area contributed by atoms with Gasteiger partial charge in [0, 0.05) is 11.9 Å². The molecular formula is C15H17N5. The number of aliphatic imine (C=N–C) groups is 4. The van der Waals surface area contributed by atoms with Crippen molar-refractivity contribution in [3.05, 3.63) is 29.8 Å². The highest BCUT2D eigenvalue weighted by molar-refractivity contribution is 6.19. The van der Waals surface area contributed by atoms with Crippen molar-refractivity contribution in [1.82, 2.24) is 0 Å². The molecule has 0 spiro atoms. The summed E-state index contributed by atoms with van der Waals surface area (Å²) in [5, 5.41) is 3.19. The average molecular weight is 267 g/mol. The maximum Gasteiger partial charge on any atom is 0.228 e. The molecule has 1 aromatic rings. The number of rotatable bonds is 4. The lowest BCUT2D eigenvalue weighted by Crippen LogP contribution is -2.25. The van der Waals surface area contributed by atoms with Crippen LogP contribution in [0.2, 0.25) is 0 Å². The van der Waals surface area contributed by atoms with Crippen LogP contribution in [0.25, 0.3) is 0 Å². The van der Waals surface area contributed by atoms with Crippen LogP contribution in [-0.4, -0.2) is 30.4 Å². The topological polar surface area (TPSA) is 61.5 Å². The Hall–Kier alpha value is -2.30. The second-order valence-electron chi connectivity index (χ2n) is 4.84. The molecule has 5 heteroatoms. The first-order valence-corrected chi connectivity index (χ1v) is 6.93. The molecule has 0 aliphatic carbocycles. The van der Waals surface area contributed by atoms with Crippen molar-refractivity contribution >= 4 is 30.0 Å². The van der Waals surface area contributed by atoms with Crippen molar-refractivity contribution in [2.45, 2.75) is 32.2 Å². The third kappa shape index (κ3) is 2.82. The lowest BCUT2D eigenvalue weighted by atomic mass is 10.1. The van der Waals surface area contributed by atoms with Crippen LogP contribution in [0.1, 0.15) is 25.3 Å². The molecule has 2 aliphatic rings. The van der Waals surface area contributed by atoms with Crippen LogP contribution in [0.4, 0.5) is 5.69 Å². The summed E-state index contributed by atoms with van der Waals surface area (Å²) in [5.41, 5.74) is 2.35. The third-order valence-electron chi connectivity index (χ3n) is 3.27. The highest BCUT2D eigenvalue weighted by Gasteiger charge is 2.20. The number of amidine groups is 1. The number of aryl methyl sites for hydroxylation is 1. The molecule has 1 atom stereocenters. The zero-order chi connectivity index (χ0) is 13.8. The zero-order valence-corrected chi connectivity index (χ0v) is 11.5. The van der Waals surface area contributed by atoms with Crippen LogP contribution in [0.5, 0.6) is 0 Å². The fourth-order valence-electron chi connectivity index (χ4n) is 2.11. The summed E-state index contributed by atoms with van der Waals surface area (Å²) in [6, 6.07) is 8.30. The molecule has 0 amide bonds. The normalized spacial score (nSPS) is 19.6. The molecule has 3 rings (SSSR count). The fourth-order valence-corrected chi connectivity index (χ4v) is 2.11. The van der Waals surface area contributed by atoms with Gasteiger partial charge in [-0.1, -0.05) is 25.5 Å².